The second-order valence-corrected chi connectivity index (χ2v) is 5.45. The smallest absolute Gasteiger partial charge is 0.0510 e. The number of hydrogen-bond donors (Lipinski definition) is 4. The zero-order valence-electron chi connectivity index (χ0n) is 10.9. The van der Waals surface area contributed by atoms with Gasteiger partial charge in [-0.1, -0.05) is 24.3 Å². The minimum Gasteiger partial charge on any atom is -0.398 e. The Hall–Kier alpha value is -2.30. The third-order valence-corrected chi connectivity index (χ3v) is 4.28. The van der Waals surface area contributed by atoms with Crippen LogP contribution in [0.5, 0.6) is 0 Å². The fraction of sp³-hybridized carbons (Fsp3) is 0.125. The number of rotatable bonds is 0. The Balaban J connectivity index is 2.24. The van der Waals surface area contributed by atoms with Crippen molar-refractivity contribution in [2.75, 3.05) is 0 Å². The zero-order chi connectivity index (χ0) is 14.0. The van der Waals surface area contributed by atoms with E-state index in [1.54, 1.807) is 0 Å². The summed E-state index contributed by atoms with van der Waals surface area (Å²) in [6.07, 6.45) is 3.78. The van der Waals surface area contributed by atoms with Crippen LogP contribution in [0, 0.1) is 0 Å². The maximum atomic E-state index is 6.19. The van der Waals surface area contributed by atoms with Crippen molar-refractivity contribution in [2.24, 2.45) is 22.9 Å². The second-order valence-electron chi connectivity index (χ2n) is 5.45. The molecule has 4 nitrogen and oxygen atoms in total. The van der Waals surface area contributed by atoms with E-state index in [1.807, 2.05) is 36.4 Å². The van der Waals surface area contributed by atoms with Crippen LogP contribution < -0.4 is 22.9 Å². The third-order valence-electron chi connectivity index (χ3n) is 4.28. The lowest BCUT2D eigenvalue weighted by molar-refractivity contribution is 0.894. The van der Waals surface area contributed by atoms with Gasteiger partial charge in [0.2, 0.25) is 0 Å². The first kappa shape index (κ1) is 11.5. The van der Waals surface area contributed by atoms with E-state index < -0.39 is 0 Å². The molecule has 0 saturated carbocycles. The predicted octanol–water partition coefficient (Wildman–Crippen LogP) is 1.47. The van der Waals surface area contributed by atoms with Crippen LogP contribution in [0.1, 0.15) is 34.3 Å². The molecular weight excluding hydrogens is 248 g/mol. The molecule has 0 fully saturated rings. The highest BCUT2D eigenvalue weighted by molar-refractivity contribution is 6.06. The fourth-order valence-electron chi connectivity index (χ4n) is 3.33. The molecule has 2 aromatic carbocycles. The molecule has 0 amide bonds. The van der Waals surface area contributed by atoms with Gasteiger partial charge in [0, 0.05) is 22.5 Å². The molecule has 0 saturated heterocycles. The van der Waals surface area contributed by atoms with Gasteiger partial charge in [-0.3, -0.25) is 0 Å². The SMILES string of the molecule is NC1=CC(N)c2ccc3c4c(ccc1c24)C(N)=CC3N. The minimum atomic E-state index is -0.185. The summed E-state index contributed by atoms with van der Waals surface area (Å²) in [6, 6.07) is 7.76. The lowest BCUT2D eigenvalue weighted by atomic mass is 9.81. The molecule has 0 radical (unpaired) electrons. The quantitative estimate of drug-likeness (QED) is 0.578. The van der Waals surface area contributed by atoms with Crippen molar-refractivity contribution in [3.8, 4) is 0 Å². The van der Waals surface area contributed by atoms with Crippen LogP contribution in [0.15, 0.2) is 36.4 Å². The average Bonchev–Trinajstić information content (AvgIpc) is 2.42. The summed E-state index contributed by atoms with van der Waals surface area (Å²) in [5.41, 5.74) is 30.3. The summed E-state index contributed by atoms with van der Waals surface area (Å²) in [5, 5.41) is 2.19. The van der Waals surface area contributed by atoms with Gasteiger partial charge in [0.05, 0.1) is 12.1 Å². The first-order chi connectivity index (χ1) is 9.58. The summed E-state index contributed by atoms with van der Waals surface area (Å²) in [4.78, 5) is 0. The van der Waals surface area contributed by atoms with Gasteiger partial charge in [-0.05, 0) is 34.1 Å². The van der Waals surface area contributed by atoms with Crippen LogP contribution in [0.4, 0.5) is 0 Å². The molecule has 2 unspecified atom stereocenters. The lowest BCUT2D eigenvalue weighted by Crippen LogP contribution is -2.20. The van der Waals surface area contributed by atoms with E-state index in [1.165, 1.54) is 0 Å². The van der Waals surface area contributed by atoms with Gasteiger partial charge < -0.3 is 22.9 Å². The molecule has 4 heteroatoms. The van der Waals surface area contributed by atoms with Crippen molar-refractivity contribution in [3.05, 3.63) is 58.7 Å². The van der Waals surface area contributed by atoms with Crippen molar-refractivity contribution < 1.29 is 0 Å². The molecule has 2 aliphatic rings. The van der Waals surface area contributed by atoms with Gasteiger partial charge in [0.25, 0.3) is 0 Å². The number of hydrogen-bond acceptors (Lipinski definition) is 4. The highest BCUT2D eigenvalue weighted by Gasteiger charge is 2.25. The monoisotopic (exact) mass is 264 g/mol. The lowest BCUT2D eigenvalue weighted by Gasteiger charge is -2.27. The van der Waals surface area contributed by atoms with Crippen molar-refractivity contribution in [1.29, 1.82) is 0 Å². The van der Waals surface area contributed by atoms with E-state index in [0.717, 1.165) is 44.4 Å². The van der Waals surface area contributed by atoms with Crippen LogP contribution in [-0.4, -0.2) is 0 Å². The molecule has 0 bridgehead atoms. The summed E-state index contributed by atoms with van der Waals surface area (Å²) in [5.74, 6) is 0. The third kappa shape index (κ3) is 1.27. The Kier molecular flexibility index (Phi) is 2.09. The highest BCUT2D eigenvalue weighted by atomic mass is 14.7. The van der Waals surface area contributed by atoms with Crippen LogP contribution >= 0.6 is 0 Å². The van der Waals surface area contributed by atoms with Crippen LogP contribution in [0.3, 0.4) is 0 Å². The van der Waals surface area contributed by atoms with Crippen molar-refractivity contribution in [2.45, 2.75) is 12.1 Å². The van der Waals surface area contributed by atoms with Crippen molar-refractivity contribution in [1.82, 2.24) is 0 Å². The predicted molar refractivity (Wildman–Crippen MR) is 82.1 cm³/mol. The minimum absolute atomic E-state index is 0.185. The maximum absolute atomic E-state index is 6.19. The molecule has 2 aliphatic carbocycles. The second kappa shape index (κ2) is 3.62. The van der Waals surface area contributed by atoms with Gasteiger partial charge in [-0.15, -0.1) is 0 Å². The largest absolute Gasteiger partial charge is 0.398 e. The Bertz CT molecular complexity index is 748. The van der Waals surface area contributed by atoms with Crippen LogP contribution in [0.2, 0.25) is 0 Å². The van der Waals surface area contributed by atoms with E-state index in [-0.39, 0.29) is 12.1 Å². The molecule has 100 valence electrons. The summed E-state index contributed by atoms with van der Waals surface area (Å²) in [6.45, 7) is 0. The van der Waals surface area contributed by atoms with Gasteiger partial charge in [-0.25, -0.2) is 0 Å². The summed E-state index contributed by atoms with van der Waals surface area (Å²) < 4.78 is 0. The fourth-order valence-corrected chi connectivity index (χ4v) is 3.33. The number of nitrogens with two attached hydrogens (primary N) is 4. The van der Waals surface area contributed by atoms with E-state index in [4.69, 9.17) is 22.9 Å². The van der Waals surface area contributed by atoms with E-state index >= 15 is 0 Å². The molecular formula is C16H16N4. The van der Waals surface area contributed by atoms with Gasteiger partial charge in [0.1, 0.15) is 0 Å². The first-order valence-electron chi connectivity index (χ1n) is 6.64. The van der Waals surface area contributed by atoms with Gasteiger partial charge >= 0.3 is 0 Å². The Morgan fingerprint density at radius 2 is 1.05 bits per heavy atom. The summed E-state index contributed by atoms with van der Waals surface area (Å²) >= 11 is 0. The topological polar surface area (TPSA) is 104 Å². The average molecular weight is 264 g/mol. The Labute approximate surface area is 116 Å². The normalized spacial score (nSPS) is 23.5. The number of benzene rings is 2. The molecule has 2 atom stereocenters. The molecule has 2 aromatic rings. The van der Waals surface area contributed by atoms with Crippen molar-refractivity contribution in [3.63, 3.8) is 0 Å². The first-order valence-corrected chi connectivity index (χ1v) is 6.64. The van der Waals surface area contributed by atoms with Gasteiger partial charge in [0.15, 0.2) is 0 Å². The zero-order valence-corrected chi connectivity index (χ0v) is 10.9. The van der Waals surface area contributed by atoms with E-state index in [0.29, 0.717) is 0 Å². The molecule has 0 heterocycles. The Morgan fingerprint density at radius 1 is 0.650 bits per heavy atom. The molecule has 4 rings (SSSR count). The van der Waals surface area contributed by atoms with Crippen LogP contribution in [-0.2, 0) is 0 Å². The maximum Gasteiger partial charge on any atom is 0.0510 e. The molecule has 0 spiro atoms. The summed E-state index contributed by atoms with van der Waals surface area (Å²) in [7, 11) is 0. The van der Waals surface area contributed by atoms with Gasteiger partial charge in [-0.2, -0.15) is 0 Å². The molecule has 8 N–H and O–H groups in total. The standard InChI is InChI=1S/C16H16N4/c17-11-5-13(19)9-3-4-10-14(20)6-12(18)8-2-1-7(11)15(9)16(8)10/h1-6,11-12H,17-20H2. The highest BCUT2D eigenvalue weighted by Crippen LogP contribution is 2.42. The van der Waals surface area contributed by atoms with E-state index in [9.17, 15) is 0 Å². The van der Waals surface area contributed by atoms with Crippen molar-refractivity contribution >= 4 is 22.2 Å². The van der Waals surface area contributed by atoms with Crippen LogP contribution in [0.25, 0.3) is 22.2 Å². The molecule has 0 aromatic heterocycles. The molecule has 0 aliphatic heterocycles. The Morgan fingerprint density at radius 3 is 1.45 bits per heavy atom. The van der Waals surface area contributed by atoms with E-state index in [2.05, 4.69) is 0 Å². The molecule has 20 heavy (non-hydrogen) atoms.